The van der Waals surface area contributed by atoms with E-state index in [0.717, 1.165) is 11.3 Å². The van der Waals surface area contributed by atoms with Crippen LogP contribution in [0, 0.1) is 0 Å². The molecule has 0 aliphatic heterocycles. The van der Waals surface area contributed by atoms with Gasteiger partial charge in [-0.25, -0.2) is 0 Å². The molecule has 0 bridgehead atoms. The molecule has 5 heteroatoms. The summed E-state index contributed by atoms with van der Waals surface area (Å²) in [5.41, 5.74) is 7.33. The van der Waals surface area contributed by atoms with Crippen molar-refractivity contribution >= 4 is 11.6 Å². The smallest absolute Gasteiger partial charge is 0.144 e. The number of hydrogen-bond acceptors (Lipinski definition) is 4. The number of nitrogens with zero attached hydrogens (tertiary/aromatic N) is 1. The van der Waals surface area contributed by atoms with Gasteiger partial charge in [0, 0.05) is 18.8 Å². The number of benzene rings is 1. The molecule has 0 aliphatic rings. The molecule has 0 atom stereocenters. The zero-order chi connectivity index (χ0) is 13.7. The minimum Gasteiger partial charge on any atom is -0.497 e. The summed E-state index contributed by atoms with van der Waals surface area (Å²) in [7, 11) is 1.64. The van der Waals surface area contributed by atoms with E-state index in [1.165, 1.54) is 0 Å². The number of methoxy groups -OCH3 is 1. The maximum atomic E-state index is 5.90. The van der Waals surface area contributed by atoms with Crippen molar-refractivity contribution in [3.8, 4) is 11.5 Å². The molecule has 1 aromatic carbocycles. The molecule has 0 amide bonds. The molecule has 0 aliphatic carbocycles. The number of aromatic nitrogens is 1. The van der Waals surface area contributed by atoms with Crippen LogP contribution in [0.1, 0.15) is 11.3 Å². The molecule has 2 N–H and O–H groups in total. The Kier molecular flexibility index (Phi) is 4.60. The Bertz CT molecular complexity index is 544. The minimum absolute atomic E-state index is 0.315. The van der Waals surface area contributed by atoms with Gasteiger partial charge in [-0.1, -0.05) is 23.7 Å². The van der Waals surface area contributed by atoms with E-state index in [2.05, 4.69) is 4.98 Å². The molecule has 2 rings (SSSR count). The van der Waals surface area contributed by atoms with Gasteiger partial charge in [0.1, 0.15) is 18.1 Å². The third-order valence-electron chi connectivity index (χ3n) is 2.64. The van der Waals surface area contributed by atoms with Crippen LogP contribution < -0.4 is 15.2 Å². The second-order valence-corrected chi connectivity index (χ2v) is 4.38. The van der Waals surface area contributed by atoms with Crippen molar-refractivity contribution in [2.45, 2.75) is 13.2 Å². The van der Waals surface area contributed by atoms with Crippen molar-refractivity contribution in [2.75, 3.05) is 7.11 Å². The molecular formula is C14H15ClN2O2. The van der Waals surface area contributed by atoms with E-state index in [1.54, 1.807) is 19.4 Å². The molecule has 0 unspecified atom stereocenters. The highest BCUT2D eigenvalue weighted by atomic mass is 35.5. The number of hydrogen-bond donors (Lipinski definition) is 1. The Morgan fingerprint density at radius 2 is 2.00 bits per heavy atom. The first kappa shape index (κ1) is 13.6. The Labute approximate surface area is 117 Å². The van der Waals surface area contributed by atoms with Crippen LogP contribution in [0.4, 0.5) is 0 Å². The van der Waals surface area contributed by atoms with Crippen LogP contribution in [0.15, 0.2) is 36.5 Å². The molecule has 0 saturated carbocycles. The van der Waals surface area contributed by atoms with Gasteiger partial charge in [-0.15, -0.1) is 0 Å². The molecule has 4 nitrogen and oxygen atoms in total. The largest absolute Gasteiger partial charge is 0.497 e. The lowest BCUT2D eigenvalue weighted by Crippen LogP contribution is -2.05. The van der Waals surface area contributed by atoms with Gasteiger partial charge in [-0.3, -0.25) is 4.98 Å². The molecule has 1 aromatic heterocycles. The summed E-state index contributed by atoms with van der Waals surface area (Å²) in [4.78, 5) is 4.13. The molecule has 0 spiro atoms. The highest BCUT2D eigenvalue weighted by Crippen LogP contribution is 2.22. The monoisotopic (exact) mass is 278 g/mol. The van der Waals surface area contributed by atoms with Crippen molar-refractivity contribution in [2.24, 2.45) is 5.73 Å². The van der Waals surface area contributed by atoms with Crippen molar-refractivity contribution in [3.63, 3.8) is 0 Å². The number of ether oxygens (including phenoxy) is 2. The van der Waals surface area contributed by atoms with E-state index in [9.17, 15) is 0 Å². The van der Waals surface area contributed by atoms with E-state index in [-0.39, 0.29) is 0 Å². The van der Waals surface area contributed by atoms with Gasteiger partial charge in [-0.2, -0.15) is 0 Å². The summed E-state index contributed by atoms with van der Waals surface area (Å²) in [5, 5.41) is 0.530. The lowest BCUT2D eigenvalue weighted by molar-refractivity contribution is 0.301. The quantitative estimate of drug-likeness (QED) is 0.914. The number of nitrogens with two attached hydrogens (primary N) is 1. The first-order valence-electron chi connectivity index (χ1n) is 5.83. The standard InChI is InChI=1S/C14H15ClN2O2/c1-18-12-4-2-10(3-5-12)9-19-14-6-11(15)8-17-13(14)7-16/h2-6,8H,7,9,16H2,1H3. The number of halogens is 1. The lowest BCUT2D eigenvalue weighted by Gasteiger charge is -2.10. The van der Waals surface area contributed by atoms with Gasteiger partial charge in [0.2, 0.25) is 0 Å². The van der Waals surface area contributed by atoms with Crippen LogP contribution in [0.3, 0.4) is 0 Å². The first-order chi connectivity index (χ1) is 9.22. The highest BCUT2D eigenvalue weighted by Gasteiger charge is 2.05. The Morgan fingerprint density at radius 3 is 2.63 bits per heavy atom. The van der Waals surface area contributed by atoms with Gasteiger partial charge in [0.05, 0.1) is 17.8 Å². The third-order valence-corrected chi connectivity index (χ3v) is 2.85. The van der Waals surface area contributed by atoms with Crippen LogP contribution in [-0.4, -0.2) is 12.1 Å². The van der Waals surface area contributed by atoms with E-state index in [0.29, 0.717) is 29.6 Å². The van der Waals surface area contributed by atoms with E-state index < -0.39 is 0 Å². The van der Waals surface area contributed by atoms with Gasteiger partial charge in [-0.05, 0) is 17.7 Å². The highest BCUT2D eigenvalue weighted by molar-refractivity contribution is 6.30. The predicted molar refractivity (Wildman–Crippen MR) is 74.5 cm³/mol. The molecule has 0 saturated heterocycles. The number of rotatable bonds is 5. The van der Waals surface area contributed by atoms with E-state index in [4.69, 9.17) is 26.8 Å². The molecule has 19 heavy (non-hydrogen) atoms. The first-order valence-corrected chi connectivity index (χ1v) is 6.21. The summed E-state index contributed by atoms with van der Waals surface area (Å²) in [6.45, 7) is 0.744. The Balaban J connectivity index is 2.07. The summed E-state index contributed by atoms with van der Waals surface area (Å²) in [6, 6.07) is 9.38. The molecular weight excluding hydrogens is 264 g/mol. The Hall–Kier alpha value is -1.78. The van der Waals surface area contributed by atoms with Crippen molar-refractivity contribution in [1.29, 1.82) is 0 Å². The summed E-state index contributed by atoms with van der Waals surface area (Å²) >= 11 is 5.90. The molecule has 0 radical (unpaired) electrons. The maximum Gasteiger partial charge on any atom is 0.144 e. The maximum absolute atomic E-state index is 5.90. The fraction of sp³-hybridized carbons (Fsp3) is 0.214. The topological polar surface area (TPSA) is 57.4 Å². The van der Waals surface area contributed by atoms with Crippen LogP contribution in [0.2, 0.25) is 5.02 Å². The van der Waals surface area contributed by atoms with E-state index >= 15 is 0 Å². The average molecular weight is 279 g/mol. The van der Waals surface area contributed by atoms with Crippen molar-refractivity contribution in [1.82, 2.24) is 4.98 Å². The predicted octanol–water partition coefficient (Wildman–Crippen LogP) is 2.78. The summed E-state index contributed by atoms with van der Waals surface area (Å²) in [5.74, 6) is 1.43. The third kappa shape index (κ3) is 3.59. The van der Waals surface area contributed by atoms with Crippen LogP contribution in [0.25, 0.3) is 0 Å². The normalized spacial score (nSPS) is 10.3. The molecule has 0 fully saturated rings. The SMILES string of the molecule is COc1ccc(COc2cc(Cl)cnc2CN)cc1. The summed E-state index contributed by atoms with van der Waals surface area (Å²) < 4.78 is 10.8. The zero-order valence-electron chi connectivity index (χ0n) is 10.6. The fourth-order valence-electron chi connectivity index (χ4n) is 1.61. The number of pyridine rings is 1. The summed E-state index contributed by atoms with van der Waals surface area (Å²) in [6.07, 6.45) is 1.56. The molecule has 1 heterocycles. The van der Waals surface area contributed by atoms with Crippen LogP contribution >= 0.6 is 11.6 Å². The zero-order valence-corrected chi connectivity index (χ0v) is 11.4. The van der Waals surface area contributed by atoms with Crippen LogP contribution in [0.5, 0.6) is 11.5 Å². The fourth-order valence-corrected chi connectivity index (χ4v) is 1.76. The Morgan fingerprint density at radius 1 is 1.26 bits per heavy atom. The van der Waals surface area contributed by atoms with Gasteiger partial charge in [0.25, 0.3) is 0 Å². The lowest BCUT2D eigenvalue weighted by atomic mass is 10.2. The molecule has 100 valence electrons. The second-order valence-electron chi connectivity index (χ2n) is 3.94. The molecule has 2 aromatic rings. The van der Waals surface area contributed by atoms with Crippen LogP contribution in [-0.2, 0) is 13.2 Å². The van der Waals surface area contributed by atoms with Gasteiger partial charge < -0.3 is 15.2 Å². The minimum atomic E-state index is 0.315. The second kappa shape index (κ2) is 6.41. The average Bonchev–Trinajstić information content (AvgIpc) is 2.46. The van der Waals surface area contributed by atoms with Gasteiger partial charge in [0.15, 0.2) is 0 Å². The van der Waals surface area contributed by atoms with Crippen molar-refractivity contribution in [3.05, 3.63) is 52.8 Å². The van der Waals surface area contributed by atoms with Gasteiger partial charge >= 0.3 is 0 Å². The van der Waals surface area contributed by atoms with E-state index in [1.807, 2.05) is 24.3 Å². The van der Waals surface area contributed by atoms with Crippen molar-refractivity contribution < 1.29 is 9.47 Å².